The van der Waals surface area contributed by atoms with Crippen LogP contribution in [0.1, 0.15) is 24.2 Å². The molecular formula is C22H29N4O4+. The number of anilines is 2. The number of benzene rings is 2. The molecule has 8 nitrogen and oxygen atoms in total. The van der Waals surface area contributed by atoms with Gasteiger partial charge in [-0.1, -0.05) is 0 Å². The van der Waals surface area contributed by atoms with E-state index in [-0.39, 0.29) is 36.9 Å². The summed E-state index contributed by atoms with van der Waals surface area (Å²) in [5, 5.41) is 8.38. The maximum absolute atomic E-state index is 12.4. The Kier molecular flexibility index (Phi) is 8.37. The minimum absolute atomic E-state index is 0.0690. The van der Waals surface area contributed by atoms with Gasteiger partial charge in [-0.05, 0) is 62.4 Å². The molecule has 0 saturated carbocycles. The maximum atomic E-state index is 12.4. The molecule has 0 aliphatic rings. The van der Waals surface area contributed by atoms with Gasteiger partial charge in [-0.25, -0.2) is 0 Å². The molecule has 8 heteroatoms. The van der Waals surface area contributed by atoms with Crippen molar-refractivity contribution in [1.82, 2.24) is 5.32 Å². The third kappa shape index (κ3) is 7.56. The first-order valence-electron chi connectivity index (χ1n) is 9.73. The van der Waals surface area contributed by atoms with E-state index in [0.717, 1.165) is 4.90 Å². The van der Waals surface area contributed by atoms with Crippen LogP contribution in [-0.2, 0) is 9.59 Å². The van der Waals surface area contributed by atoms with Crippen molar-refractivity contribution in [2.75, 3.05) is 37.9 Å². The van der Waals surface area contributed by atoms with Gasteiger partial charge in [0.15, 0.2) is 13.1 Å². The summed E-state index contributed by atoms with van der Waals surface area (Å²) in [6.45, 7) is 4.16. The van der Waals surface area contributed by atoms with Gasteiger partial charge in [0.1, 0.15) is 5.75 Å². The lowest BCUT2D eigenvalue weighted by atomic mass is 10.2. The van der Waals surface area contributed by atoms with Crippen LogP contribution < -0.4 is 25.6 Å². The Morgan fingerprint density at radius 1 is 0.867 bits per heavy atom. The van der Waals surface area contributed by atoms with Crippen LogP contribution in [-0.4, -0.2) is 51.0 Å². The van der Waals surface area contributed by atoms with Gasteiger partial charge < -0.3 is 25.6 Å². The normalized spacial score (nSPS) is 11.5. The van der Waals surface area contributed by atoms with Crippen molar-refractivity contribution in [2.45, 2.75) is 19.9 Å². The Bertz CT molecular complexity index is 864. The molecule has 0 saturated heterocycles. The van der Waals surface area contributed by atoms with Gasteiger partial charge in [0.2, 0.25) is 0 Å². The highest BCUT2D eigenvalue weighted by Crippen LogP contribution is 2.16. The molecule has 2 rings (SSSR count). The van der Waals surface area contributed by atoms with Gasteiger partial charge in [0.25, 0.3) is 17.7 Å². The molecule has 0 fully saturated rings. The zero-order chi connectivity index (χ0) is 22.1. The molecule has 2 aromatic rings. The first-order chi connectivity index (χ1) is 14.3. The molecule has 0 bridgehead atoms. The molecule has 0 aliphatic heterocycles. The number of carbonyl (C=O) groups is 3. The summed E-state index contributed by atoms with van der Waals surface area (Å²) in [5.74, 6) is 0.155. The third-order valence-corrected chi connectivity index (χ3v) is 4.15. The molecule has 0 radical (unpaired) electrons. The van der Waals surface area contributed by atoms with Crippen molar-refractivity contribution in [3.05, 3.63) is 54.1 Å². The molecule has 3 amide bonds. The Labute approximate surface area is 176 Å². The highest BCUT2D eigenvalue weighted by atomic mass is 16.5. The number of quaternary nitrogens is 1. The lowest BCUT2D eigenvalue weighted by molar-refractivity contribution is -0.862. The van der Waals surface area contributed by atoms with Crippen molar-refractivity contribution < 1.29 is 24.0 Å². The molecule has 0 aliphatic carbocycles. The number of methoxy groups -OCH3 is 1. The van der Waals surface area contributed by atoms with Crippen LogP contribution in [0.5, 0.6) is 5.75 Å². The quantitative estimate of drug-likeness (QED) is 0.491. The van der Waals surface area contributed by atoms with Gasteiger partial charge in [-0.3, -0.25) is 14.4 Å². The highest BCUT2D eigenvalue weighted by molar-refractivity contribution is 6.04. The van der Waals surface area contributed by atoms with Gasteiger partial charge in [0.05, 0.1) is 14.2 Å². The van der Waals surface area contributed by atoms with E-state index >= 15 is 0 Å². The Morgan fingerprint density at radius 3 is 1.97 bits per heavy atom. The predicted octanol–water partition coefficient (Wildman–Crippen LogP) is 0.925. The number of hydrogen-bond donors (Lipinski definition) is 4. The number of rotatable bonds is 9. The summed E-state index contributed by atoms with van der Waals surface area (Å²) >= 11 is 0. The summed E-state index contributed by atoms with van der Waals surface area (Å²) < 4.78 is 5.09. The van der Waals surface area contributed by atoms with Gasteiger partial charge in [0, 0.05) is 23.0 Å². The Hall–Kier alpha value is -3.39. The average molecular weight is 413 g/mol. The third-order valence-electron chi connectivity index (χ3n) is 4.15. The number of nitrogens with one attached hydrogen (secondary N) is 4. The van der Waals surface area contributed by atoms with Crippen LogP contribution >= 0.6 is 0 Å². The number of ether oxygens (including phenoxy) is 1. The van der Waals surface area contributed by atoms with Crippen LogP contribution in [0.2, 0.25) is 0 Å². The van der Waals surface area contributed by atoms with Crippen LogP contribution in [0.3, 0.4) is 0 Å². The zero-order valence-electron chi connectivity index (χ0n) is 17.7. The molecular weight excluding hydrogens is 384 g/mol. The molecule has 0 heterocycles. The first kappa shape index (κ1) is 22.9. The lowest BCUT2D eigenvalue weighted by Gasteiger charge is -2.15. The van der Waals surface area contributed by atoms with Crippen LogP contribution in [0.25, 0.3) is 0 Å². The maximum Gasteiger partial charge on any atom is 0.279 e. The molecule has 0 spiro atoms. The summed E-state index contributed by atoms with van der Waals surface area (Å²) in [4.78, 5) is 37.1. The second-order valence-electron chi connectivity index (χ2n) is 7.34. The fourth-order valence-corrected chi connectivity index (χ4v) is 2.77. The molecule has 160 valence electrons. The molecule has 30 heavy (non-hydrogen) atoms. The summed E-state index contributed by atoms with van der Waals surface area (Å²) in [5.41, 5.74) is 1.71. The van der Waals surface area contributed by atoms with Crippen LogP contribution in [0.4, 0.5) is 11.4 Å². The van der Waals surface area contributed by atoms with E-state index in [9.17, 15) is 14.4 Å². The van der Waals surface area contributed by atoms with E-state index < -0.39 is 0 Å². The standard InChI is InChI=1S/C22H28N4O4/c1-15(2)23-20(27)13-26(3)14-21(28)24-17-7-5-16(6-8-17)22(29)25-18-9-11-19(30-4)12-10-18/h5-12,15H,13-14H2,1-4H3,(H,23,27)(H,24,28)(H,25,29)/p+1. The number of likely N-dealkylation sites (N-methyl/N-ethyl adjacent to an activating group) is 1. The number of hydrogen-bond acceptors (Lipinski definition) is 4. The van der Waals surface area contributed by atoms with Gasteiger partial charge in [-0.15, -0.1) is 0 Å². The smallest absolute Gasteiger partial charge is 0.279 e. The monoisotopic (exact) mass is 413 g/mol. The second kappa shape index (κ2) is 11.0. The van der Waals surface area contributed by atoms with E-state index in [1.54, 1.807) is 62.7 Å². The number of amides is 3. The summed E-state index contributed by atoms with van der Waals surface area (Å²) in [6, 6.07) is 13.7. The van der Waals surface area contributed by atoms with Crippen molar-refractivity contribution in [3.63, 3.8) is 0 Å². The van der Waals surface area contributed by atoms with Gasteiger partial charge in [-0.2, -0.15) is 0 Å². The summed E-state index contributed by atoms with van der Waals surface area (Å²) in [7, 11) is 3.36. The fraction of sp³-hybridized carbons (Fsp3) is 0.318. The van der Waals surface area contributed by atoms with Crippen molar-refractivity contribution in [2.24, 2.45) is 0 Å². The average Bonchev–Trinajstić information content (AvgIpc) is 2.68. The predicted molar refractivity (Wildman–Crippen MR) is 116 cm³/mol. The minimum Gasteiger partial charge on any atom is -0.497 e. The van der Waals surface area contributed by atoms with E-state index in [1.807, 2.05) is 13.8 Å². The molecule has 2 aromatic carbocycles. The van der Waals surface area contributed by atoms with Crippen LogP contribution in [0.15, 0.2) is 48.5 Å². The summed E-state index contributed by atoms with van der Waals surface area (Å²) in [6.07, 6.45) is 0. The highest BCUT2D eigenvalue weighted by Gasteiger charge is 2.15. The van der Waals surface area contributed by atoms with Crippen LogP contribution in [0, 0.1) is 0 Å². The van der Waals surface area contributed by atoms with Crippen molar-refractivity contribution >= 4 is 29.1 Å². The van der Waals surface area contributed by atoms with E-state index in [2.05, 4.69) is 16.0 Å². The Morgan fingerprint density at radius 2 is 1.40 bits per heavy atom. The zero-order valence-corrected chi connectivity index (χ0v) is 17.7. The molecule has 1 unspecified atom stereocenters. The molecule has 0 aromatic heterocycles. The van der Waals surface area contributed by atoms with Gasteiger partial charge >= 0.3 is 0 Å². The van der Waals surface area contributed by atoms with E-state index in [4.69, 9.17) is 4.74 Å². The van der Waals surface area contributed by atoms with E-state index in [1.165, 1.54) is 0 Å². The lowest BCUT2D eigenvalue weighted by Crippen LogP contribution is -3.11. The number of carbonyl (C=O) groups excluding carboxylic acids is 3. The SMILES string of the molecule is COc1ccc(NC(=O)c2ccc(NC(=O)C[NH+](C)CC(=O)NC(C)C)cc2)cc1. The van der Waals surface area contributed by atoms with Crippen molar-refractivity contribution in [1.29, 1.82) is 0 Å². The largest absolute Gasteiger partial charge is 0.497 e. The molecule has 1 atom stereocenters. The fourth-order valence-electron chi connectivity index (χ4n) is 2.77. The second-order valence-corrected chi connectivity index (χ2v) is 7.34. The Balaban J connectivity index is 1.84. The molecule has 4 N–H and O–H groups in total. The van der Waals surface area contributed by atoms with E-state index in [0.29, 0.717) is 22.7 Å². The minimum atomic E-state index is -0.251. The topological polar surface area (TPSA) is 101 Å². The van der Waals surface area contributed by atoms with Crippen molar-refractivity contribution in [3.8, 4) is 5.75 Å². The first-order valence-corrected chi connectivity index (χ1v) is 9.73.